The Labute approximate surface area is 108 Å². The number of hydrogen-bond acceptors (Lipinski definition) is 4. The monoisotopic (exact) mass is 257 g/mol. The van der Waals surface area contributed by atoms with Crippen LogP contribution in [-0.2, 0) is 14.3 Å². The molecule has 18 heavy (non-hydrogen) atoms. The van der Waals surface area contributed by atoms with Gasteiger partial charge in [-0.1, -0.05) is 6.92 Å². The summed E-state index contributed by atoms with van der Waals surface area (Å²) in [5, 5.41) is 0. The van der Waals surface area contributed by atoms with Gasteiger partial charge >= 0.3 is 12.1 Å². The first-order chi connectivity index (χ1) is 8.24. The second kappa shape index (κ2) is 5.59. The van der Waals surface area contributed by atoms with Gasteiger partial charge in [0.2, 0.25) is 0 Å². The van der Waals surface area contributed by atoms with Gasteiger partial charge in [0, 0.05) is 6.54 Å². The van der Waals surface area contributed by atoms with Crippen molar-refractivity contribution in [2.24, 2.45) is 5.92 Å². The van der Waals surface area contributed by atoms with Crippen LogP contribution >= 0.6 is 0 Å². The molecule has 0 aromatic heterocycles. The molecule has 0 aromatic rings. The highest BCUT2D eigenvalue weighted by atomic mass is 16.6. The van der Waals surface area contributed by atoms with Crippen LogP contribution in [0.25, 0.3) is 0 Å². The lowest BCUT2D eigenvalue weighted by Crippen LogP contribution is -2.44. The van der Waals surface area contributed by atoms with E-state index in [4.69, 9.17) is 9.47 Å². The number of amides is 1. The smallest absolute Gasteiger partial charge is 0.411 e. The molecular weight excluding hydrogens is 234 g/mol. The molecule has 1 rings (SSSR count). The standard InChI is InChI=1S/C13H23NO4/c1-6-17-11(15)10-7-9(2)8-14(10)12(16)18-13(3,4)5/h9-10H,6-8H2,1-5H3/t9?,10-/m0/s1. The molecule has 0 saturated carbocycles. The van der Waals surface area contributed by atoms with Crippen LogP contribution in [0.4, 0.5) is 4.79 Å². The third-order valence-electron chi connectivity index (χ3n) is 2.70. The maximum atomic E-state index is 12.0. The Morgan fingerprint density at radius 3 is 2.44 bits per heavy atom. The van der Waals surface area contributed by atoms with Crippen LogP contribution in [0.1, 0.15) is 41.0 Å². The molecule has 1 aliphatic heterocycles. The number of nitrogens with zero attached hydrogens (tertiary/aromatic N) is 1. The predicted octanol–water partition coefficient (Wildman–Crippen LogP) is 2.20. The van der Waals surface area contributed by atoms with E-state index in [-0.39, 0.29) is 11.9 Å². The van der Waals surface area contributed by atoms with Gasteiger partial charge in [-0.05, 0) is 40.0 Å². The molecule has 0 N–H and O–H groups in total. The normalized spacial score (nSPS) is 23.9. The maximum Gasteiger partial charge on any atom is 0.411 e. The summed E-state index contributed by atoms with van der Waals surface area (Å²) in [5.74, 6) is -0.0559. The molecule has 1 amide bonds. The summed E-state index contributed by atoms with van der Waals surface area (Å²) in [7, 11) is 0. The molecule has 1 saturated heterocycles. The minimum Gasteiger partial charge on any atom is -0.464 e. The Morgan fingerprint density at radius 2 is 1.94 bits per heavy atom. The summed E-state index contributed by atoms with van der Waals surface area (Å²) >= 11 is 0. The number of rotatable bonds is 2. The summed E-state index contributed by atoms with van der Waals surface area (Å²) in [6, 6.07) is -0.505. The van der Waals surface area contributed by atoms with E-state index >= 15 is 0 Å². The van der Waals surface area contributed by atoms with Crippen LogP contribution in [0.5, 0.6) is 0 Å². The minimum atomic E-state index is -0.553. The third-order valence-corrected chi connectivity index (χ3v) is 2.70. The molecule has 1 unspecified atom stereocenters. The van der Waals surface area contributed by atoms with E-state index in [9.17, 15) is 9.59 Å². The molecule has 1 heterocycles. The minimum absolute atomic E-state index is 0.284. The van der Waals surface area contributed by atoms with Crippen molar-refractivity contribution in [3.8, 4) is 0 Å². The average Bonchev–Trinajstić information content (AvgIpc) is 2.58. The van der Waals surface area contributed by atoms with Crippen molar-refractivity contribution in [2.75, 3.05) is 13.2 Å². The first kappa shape index (κ1) is 14.8. The Hall–Kier alpha value is -1.26. The van der Waals surface area contributed by atoms with Gasteiger partial charge < -0.3 is 9.47 Å². The molecule has 1 aliphatic rings. The number of hydrogen-bond donors (Lipinski definition) is 0. The second-order valence-corrected chi connectivity index (χ2v) is 5.74. The Balaban J connectivity index is 2.72. The molecule has 5 nitrogen and oxygen atoms in total. The number of carbonyl (C=O) groups is 2. The molecule has 0 radical (unpaired) electrons. The number of ether oxygens (including phenoxy) is 2. The van der Waals surface area contributed by atoms with Gasteiger partial charge in [-0.3, -0.25) is 4.90 Å². The van der Waals surface area contributed by atoms with Crippen molar-refractivity contribution in [1.29, 1.82) is 0 Å². The zero-order valence-electron chi connectivity index (χ0n) is 11.9. The predicted molar refractivity (Wildman–Crippen MR) is 67.1 cm³/mol. The first-order valence-electron chi connectivity index (χ1n) is 6.41. The lowest BCUT2D eigenvalue weighted by atomic mass is 10.1. The summed E-state index contributed by atoms with van der Waals surface area (Å²) in [5.41, 5.74) is -0.553. The van der Waals surface area contributed by atoms with Crippen LogP contribution < -0.4 is 0 Å². The van der Waals surface area contributed by atoms with Crippen molar-refractivity contribution in [3.63, 3.8) is 0 Å². The highest BCUT2D eigenvalue weighted by Gasteiger charge is 2.40. The van der Waals surface area contributed by atoms with Gasteiger partial charge in [0.1, 0.15) is 11.6 Å². The fourth-order valence-corrected chi connectivity index (χ4v) is 2.03. The van der Waals surface area contributed by atoms with Crippen LogP contribution in [0.15, 0.2) is 0 Å². The fourth-order valence-electron chi connectivity index (χ4n) is 2.03. The van der Waals surface area contributed by atoms with Crippen LogP contribution in [0.3, 0.4) is 0 Å². The van der Waals surface area contributed by atoms with E-state index in [1.54, 1.807) is 6.92 Å². The summed E-state index contributed by atoms with van der Waals surface area (Å²) in [4.78, 5) is 25.3. The number of likely N-dealkylation sites (tertiary alicyclic amines) is 1. The number of esters is 1. The van der Waals surface area contributed by atoms with E-state index < -0.39 is 17.7 Å². The van der Waals surface area contributed by atoms with Gasteiger partial charge in [0.25, 0.3) is 0 Å². The van der Waals surface area contributed by atoms with Crippen molar-refractivity contribution in [1.82, 2.24) is 4.90 Å². The fraction of sp³-hybridized carbons (Fsp3) is 0.846. The van der Waals surface area contributed by atoms with Crippen LogP contribution in [-0.4, -0.2) is 41.8 Å². The van der Waals surface area contributed by atoms with Crippen molar-refractivity contribution in [2.45, 2.75) is 52.7 Å². The SMILES string of the molecule is CCOC(=O)[C@@H]1CC(C)CN1C(=O)OC(C)(C)C. The van der Waals surface area contributed by atoms with E-state index in [2.05, 4.69) is 0 Å². The topological polar surface area (TPSA) is 55.8 Å². The van der Waals surface area contributed by atoms with Gasteiger partial charge in [0.15, 0.2) is 0 Å². The third kappa shape index (κ3) is 3.89. The lowest BCUT2D eigenvalue weighted by Gasteiger charge is -2.27. The molecule has 5 heteroatoms. The maximum absolute atomic E-state index is 12.0. The molecule has 0 bridgehead atoms. The van der Waals surface area contributed by atoms with Gasteiger partial charge in [-0.2, -0.15) is 0 Å². The highest BCUT2D eigenvalue weighted by molar-refractivity contribution is 5.82. The quantitative estimate of drug-likeness (QED) is 0.712. The van der Waals surface area contributed by atoms with E-state index in [0.29, 0.717) is 19.6 Å². The van der Waals surface area contributed by atoms with Gasteiger partial charge in [0.05, 0.1) is 6.61 Å². The van der Waals surface area contributed by atoms with Crippen molar-refractivity contribution in [3.05, 3.63) is 0 Å². The molecule has 1 fully saturated rings. The van der Waals surface area contributed by atoms with Crippen LogP contribution in [0.2, 0.25) is 0 Å². The molecule has 0 spiro atoms. The zero-order valence-corrected chi connectivity index (χ0v) is 11.9. The van der Waals surface area contributed by atoms with E-state index in [0.717, 1.165) is 0 Å². The Bertz CT molecular complexity index is 321. The van der Waals surface area contributed by atoms with Gasteiger partial charge in [-0.15, -0.1) is 0 Å². The zero-order chi connectivity index (χ0) is 13.9. The summed E-state index contributed by atoms with van der Waals surface area (Å²) in [6.45, 7) is 10.1. The highest BCUT2D eigenvalue weighted by Crippen LogP contribution is 2.25. The molecule has 0 aromatic carbocycles. The largest absolute Gasteiger partial charge is 0.464 e. The molecular formula is C13H23NO4. The van der Waals surface area contributed by atoms with Gasteiger partial charge in [-0.25, -0.2) is 9.59 Å². The number of carbonyl (C=O) groups excluding carboxylic acids is 2. The Morgan fingerprint density at radius 1 is 1.33 bits per heavy atom. The first-order valence-corrected chi connectivity index (χ1v) is 6.41. The molecule has 2 atom stereocenters. The summed E-state index contributed by atoms with van der Waals surface area (Å²) in [6.07, 6.45) is 0.197. The van der Waals surface area contributed by atoms with Crippen molar-refractivity contribution < 1.29 is 19.1 Å². The Kier molecular flexibility index (Phi) is 4.59. The van der Waals surface area contributed by atoms with E-state index in [1.807, 2.05) is 27.7 Å². The second-order valence-electron chi connectivity index (χ2n) is 5.74. The van der Waals surface area contributed by atoms with Crippen molar-refractivity contribution >= 4 is 12.1 Å². The molecule has 0 aliphatic carbocycles. The summed E-state index contributed by atoms with van der Waals surface area (Å²) < 4.78 is 10.3. The van der Waals surface area contributed by atoms with E-state index in [1.165, 1.54) is 4.90 Å². The van der Waals surface area contributed by atoms with Crippen LogP contribution in [0, 0.1) is 5.92 Å². The lowest BCUT2D eigenvalue weighted by molar-refractivity contribution is -0.148. The molecule has 104 valence electrons. The average molecular weight is 257 g/mol.